The molecule has 0 saturated heterocycles. The van der Waals surface area contributed by atoms with E-state index in [1.807, 2.05) is 6.26 Å². The lowest BCUT2D eigenvalue weighted by molar-refractivity contribution is 0.601. The van der Waals surface area contributed by atoms with Crippen LogP contribution in [-0.4, -0.2) is 14.7 Å². The van der Waals surface area contributed by atoms with Gasteiger partial charge in [-0.05, 0) is 61.2 Å². The Morgan fingerprint density at radius 3 is 2.30 bits per heavy atom. The second-order valence-corrected chi connectivity index (χ2v) is 7.24. The van der Waals surface area contributed by atoms with Crippen molar-refractivity contribution in [1.29, 1.82) is 0 Å². The number of aryl methyl sites for hydroxylation is 1. The molecule has 2 rings (SSSR count). The highest BCUT2D eigenvalue weighted by atomic mass is 35.5. The topological polar surface area (TPSA) is 46.2 Å². The monoisotopic (exact) mass is 327 g/mol. The Hall–Kier alpha value is -1.17. The van der Waals surface area contributed by atoms with Crippen LogP contribution < -0.4 is 4.72 Å². The van der Waals surface area contributed by atoms with E-state index in [1.54, 1.807) is 61.2 Å². The average Bonchev–Trinajstić information content (AvgIpc) is 2.42. The minimum Gasteiger partial charge on any atom is -0.279 e. The summed E-state index contributed by atoms with van der Waals surface area (Å²) in [5.41, 5.74) is 1.31. The molecule has 0 amide bonds. The Kier molecular flexibility index (Phi) is 4.62. The quantitative estimate of drug-likeness (QED) is 0.857. The molecule has 0 radical (unpaired) electrons. The van der Waals surface area contributed by atoms with Gasteiger partial charge < -0.3 is 0 Å². The van der Waals surface area contributed by atoms with Crippen LogP contribution in [0.2, 0.25) is 5.02 Å². The molecule has 2 aromatic rings. The van der Waals surface area contributed by atoms with Crippen LogP contribution >= 0.6 is 23.4 Å². The van der Waals surface area contributed by atoms with Gasteiger partial charge in [0.15, 0.2) is 0 Å². The van der Waals surface area contributed by atoms with Gasteiger partial charge in [-0.15, -0.1) is 11.8 Å². The van der Waals surface area contributed by atoms with Crippen LogP contribution in [-0.2, 0) is 10.0 Å². The first kappa shape index (κ1) is 15.2. The summed E-state index contributed by atoms with van der Waals surface area (Å²) in [5.74, 6) is 0. The fraction of sp³-hybridized carbons (Fsp3) is 0.143. The summed E-state index contributed by atoms with van der Waals surface area (Å²) in [7, 11) is -3.58. The summed E-state index contributed by atoms with van der Waals surface area (Å²) in [5, 5.41) is 0.578. The predicted molar refractivity (Wildman–Crippen MR) is 85.2 cm³/mol. The third-order valence-electron chi connectivity index (χ3n) is 2.80. The number of sulfonamides is 1. The fourth-order valence-electron chi connectivity index (χ4n) is 1.70. The number of rotatable bonds is 4. The molecule has 0 saturated carbocycles. The van der Waals surface area contributed by atoms with Crippen molar-refractivity contribution in [1.82, 2.24) is 0 Å². The van der Waals surface area contributed by atoms with Crippen molar-refractivity contribution in [3.63, 3.8) is 0 Å². The van der Waals surface area contributed by atoms with E-state index < -0.39 is 10.0 Å². The minimum atomic E-state index is -3.58. The van der Waals surface area contributed by atoms with Crippen LogP contribution in [0.1, 0.15) is 5.56 Å². The Morgan fingerprint density at radius 1 is 1.10 bits per heavy atom. The summed E-state index contributed by atoms with van der Waals surface area (Å²) in [6.45, 7) is 1.81. The second kappa shape index (κ2) is 6.08. The van der Waals surface area contributed by atoms with Gasteiger partial charge in [-0.3, -0.25) is 4.72 Å². The third-order valence-corrected chi connectivity index (χ3v) is 5.16. The largest absolute Gasteiger partial charge is 0.279 e. The van der Waals surface area contributed by atoms with Gasteiger partial charge in [0.25, 0.3) is 10.0 Å². The summed E-state index contributed by atoms with van der Waals surface area (Å²) < 4.78 is 27.1. The SMILES string of the molecule is CSc1ccc(S(=O)(=O)Nc2ccc(Cl)cc2C)cc1. The standard InChI is InChI=1S/C14H14ClNO2S2/c1-10-9-11(15)3-8-14(10)16-20(17,18)13-6-4-12(19-2)5-7-13/h3-9,16H,1-2H3. The van der Waals surface area contributed by atoms with Crippen LogP contribution in [0.15, 0.2) is 52.3 Å². The molecule has 0 aliphatic carbocycles. The molecule has 1 N–H and O–H groups in total. The number of halogens is 1. The highest BCUT2D eigenvalue weighted by Gasteiger charge is 2.15. The molecule has 2 aromatic carbocycles. The molecular formula is C14H14ClNO2S2. The first-order valence-corrected chi connectivity index (χ1v) is 8.94. The molecule has 3 nitrogen and oxygen atoms in total. The van der Waals surface area contributed by atoms with Crippen molar-refractivity contribution in [3.05, 3.63) is 53.1 Å². The van der Waals surface area contributed by atoms with Crippen LogP contribution in [0.5, 0.6) is 0 Å². The highest BCUT2D eigenvalue weighted by molar-refractivity contribution is 7.98. The molecule has 0 spiro atoms. The van der Waals surface area contributed by atoms with Crippen LogP contribution in [0.4, 0.5) is 5.69 Å². The second-order valence-electron chi connectivity index (χ2n) is 4.24. The Morgan fingerprint density at radius 2 is 1.75 bits per heavy atom. The Balaban J connectivity index is 2.30. The molecule has 0 aliphatic rings. The zero-order chi connectivity index (χ0) is 14.8. The molecule has 106 valence electrons. The van der Waals surface area contributed by atoms with Crippen LogP contribution in [0.25, 0.3) is 0 Å². The fourth-order valence-corrected chi connectivity index (χ4v) is 3.47. The first-order chi connectivity index (χ1) is 9.42. The lowest BCUT2D eigenvalue weighted by Gasteiger charge is -2.11. The predicted octanol–water partition coefficient (Wildman–Crippen LogP) is 4.17. The maximum Gasteiger partial charge on any atom is 0.261 e. The number of hydrogen-bond donors (Lipinski definition) is 1. The van der Waals surface area contributed by atoms with Crippen molar-refractivity contribution in [2.24, 2.45) is 0 Å². The molecule has 0 atom stereocenters. The number of benzene rings is 2. The zero-order valence-electron chi connectivity index (χ0n) is 11.1. The summed E-state index contributed by atoms with van der Waals surface area (Å²) in [6, 6.07) is 11.8. The normalized spacial score (nSPS) is 11.3. The van der Waals surface area contributed by atoms with Gasteiger partial charge in [0.2, 0.25) is 0 Å². The van der Waals surface area contributed by atoms with Gasteiger partial charge in [0.05, 0.1) is 10.6 Å². The molecule has 0 unspecified atom stereocenters. The van der Waals surface area contributed by atoms with E-state index in [9.17, 15) is 8.42 Å². The lowest BCUT2D eigenvalue weighted by atomic mass is 10.2. The molecule has 0 aromatic heterocycles. The summed E-state index contributed by atoms with van der Waals surface area (Å²) in [6.07, 6.45) is 1.94. The van der Waals surface area contributed by atoms with E-state index in [4.69, 9.17) is 11.6 Å². The molecule has 0 bridgehead atoms. The average molecular weight is 328 g/mol. The van der Waals surface area contributed by atoms with Gasteiger partial charge in [0, 0.05) is 9.92 Å². The molecule has 0 fully saturated rings. The van der Waals surface area contributed by atoms with Crippen LogP contribution in [0.3, 0.4) is 0 Å². The van der Waals surface area contributed by atoms with Crippen molar-refractivity contribution in [3.8, 4) is 0 Å². The van der Waals surface area contributed by atoms with Crippen molar-refractivity contribution < 1.29 is 8.42 Å². The maximum absolute atomic E-state index is 12.3. The lowest BCUT2D eigenvalue weighted by Crippen LogP contribution is -2.13. The number of thioether (sulfide) groups is 1. The van der Waals surface area contributed by atoms with Gasteiger partial charge >= 0.3 is 0 Å². The van der Waals surface area contributed by atoms with Crippen molar-refractivity contribution in [2.45, 2.75) is 16.7 Å². The number of anilines is 1. The minimum absolute atomic E-state index is 0.240. The van der Waals surface area contributed by atoms with Gasteiger partial charge in [-0.1, -0.05) is 11.6 Å². The smallest absolute Gasteiger partial charge is 0.261 e. The number of nitrogens with one attached hydrogen (secondary N) is 1. The van der Waals surface area contributed by atoms with Gasteiger partial charge in [-0.25, -0.2) is 8.42 Å². The molecule has 0 aliphatic heterocycles. The van der Waals surface area contributed by atoms with Crippen LogP contribution in [0, 0.1) is 6.92 Å². The van der Waals surface area contributed by atoms with E-state index >= 15 is 0 Å². The molecule has 0 heterocycles. The van der Waals surface area contributed by atoms with E-state index in [2.05, 4.69) is 4.72 Å². The first-order valence-electron chi connectivity index (χ1n) is 5.85. The van der Waals surface area contributed by atoms with Crippen molar-refractivity contribution >= 4 is 39.1 Å². The van der Waals surface area contributed by atoms with Gasteiger partial charge in [0.1, 0.15) is 0 Å². The Labute approximate surface area is 128 Å². The van der Waals surface area contributed by atoms with Crippen molar-refractivity contribution in [2.75, 3.05) is 11.0 Å². The molecular weight excluding hydrogens is 314 g/mol. The molecule has 6 heteroatoms. The summed E-state index contributed by atoms with van der Waals surface area (Å²) in [4.78, 5) is 1.26. The van der Waals surface area contributed by atoms with Gasteiger partial charge in [-0.2, -0.15) is 0 Å². The van der Waals surface area contributed by atoms with E-state index in [0.29, 0.717) is 10.7 Å². The van der Waals surface area contributed by atoms with E-state index in [0.717, 1.165) is 10.5 Å². The zero-order valence-corrected chi connectivity index (χ0v) is 13.4. The van der Waals surface area contributed by atoms with E-state index in [-0.39, 0.29) is 4.90 Å². The molecule has 20 heavy (non-hydrogen) atoms. The number of hydrogen-bond acceptors (Lipinski definition) is 3. The highest BCUT2D eigenvalue weighted by Crippen LogP contribution is 2.24. The summed E-state index contributed by atoms with van der Waals surface area (Å²) >= 11 is 7.43. The maximum atomic E-state index is 12.3. The van der Waals surface area contributed by atoms with E-state index in [1.165, 1.54) is 0 Å². The Bertz CT molecular complexity index is 712. The third kappa shape index (κ3) is 3.48.